The Kier molecular flexibility index (Phi) is 4.75. The monoisotopic (exact) mass is 428 g/mol. The zero-order valence-electron chi connectivity index (χ0n) is 16.4. The summed E-state index contributed by atoms with van der Waals surface area (Å²) >= 11 is 1.45. The normalized spacial score (nSPS) is 19.9. The van der Waals surface area contributed by atoms with E-state index in [1.54, 1.807) is 26.4 Å². The molecule has 2 aliphatic rings. The number of ether oxygens (including phenoxy) is 2. The first-order valence-electron chi connectivity index (χ1n) is 9.48. The first-order chi connectivity index (χ1) is 14.7. The first kappa shape index (κ1) is 18.8. The molecule has 11 heteroatoms. The molecule has 30 heavy (non-hydrogen) atoms. The molecular weight excluding hydrogens is 408 g/mol. The number of oxazole rings is 1. The van der Waals surface area contributed by atoms with Crippen molar-refractivity contribution in [1.82, 2.24) is 20.3 Å². The quantitative estimate of drug-likeness (QED) is 0.651. The van der Waals surface area contributed by atoms with E-state index >= 15 is 0 Å². The maximum atomic E-state index is 11.7. The fourth-order valence-corrected chi connectivity index (χ4v) is 4.83. The maximum Gasteiger partial charge on any atom is 0.320 e. The number of pyridine rings is 1. The predicted molar refractivity (Wildman–Crippen MR) is 110 cm³/mol. The Hall–Kier alpha value is -3.18. The predicted octanol–water partition coefficient (Wildman–Crippen LogP) is 2.46. The maximum absolute atomic E-state index is 11.7. The van der Waals surface area contributed by atoms with Gasteiger partial charge in [0.2, 0.25) is 5.88 Å². The van der Waals surface area contributed by atoms with Gasteiger partial charge in [0, 0.05) is 19.5 Å². The van der Waals surface area contributed by atoms with E-state index in [4.69, 9.17) is 13.9 Å². The van der Waals surface area contributed by atoms with Gasteiger partial charge in [-0.1, -0.05) is 17.4 Å². The van der Waals surface area contributed by atoms with E-state index in [1.165, 1.54) is 11.3 Å². The fourth-order valence-electron chi connectivity index (χ4n) is 3.75. The molecule has 0 radical (unpaired) electrons. The summed E-state index contributed by atoms with van der Waals surface area (Å²) in [4.78, 5) is 28.4. The third kappa shape index (κ3) is 3.25. The van der Waals surface area contributed by atoms with Crippen molar-refractivity contribution >= 4 is 28.5 Å². The van der Waals surface area contributed by atoms with Crippen molar-refractivity contribution in [3.05, 3.63) is 35.0 Å². The van der Waals surface area contributed by atoms with Crippen LogP contribution in [0.4, 0.5) is 15.9 Å². The molecule has 2 amide bonds. The Labute approximate surface area is 176 Å². The van der Waals surface area contributed by atoms with Crippen LogP contribution in [-0.2, 0) is 11.2 Å². The van der Waals surface area contributed by atoms with Crippen LogP contribution in [0.2, 0.25) is 0 Å². The lowest BCUT2D eigenvalue weighted by atomic mass is 9.97. The van der Waals surface area contributed by atoms with Gasteiger partial charge >= 0.3 is 6.03 Å². The standard InChI is InChI=1S/C19H20N6O4S/c1-20-17(26)24-18-23-12-6-10-8-28-9-13(16(12)30-18)25(10)19-21-7-14(29-19)11-4-3-5-15(22-11)27-2/h3-5,7,10,13H,6,8-9H2,1-2H3,(H2,20,23,24,26)/t10-,13-/m0/s1. The largest absolute Gasteiger partial charge is 0.481 e. The number of hydrogen-bond donors (Lipinski definition) is 2. The molecule has 3 aromatic heterocycles. The Balaban J connectivity index is 1.46. The van der Waals surface area contributed by atoms with Crippen LogP contribution in [0, 0.1) is 0 Å². The highest BCUT2D eigenvalue weighted by atomic mass is 32.1. The summed E-state index contributed by atoms with van der Waals surface area (Å²) in [6.45, 7) is 1.06. The highest BCUT2D eigenvalue weighted by Crippen LogP contribution is 2.43. The van der Waals surface area contributed by atoms with Gasteiger partial charge in [-0.25, -0.2) is 19.7 Å². The zero-order chi connectivity index (χ0) is 20.7. The van der Waals surface area contributed by atoms with Crippen LogP contribution in [0.1, 0.15) is 16.6 Å². The topological polar surface area (TPSA) is 115 Å². The van der Waals surface area contributed by atoms with Gasteiger partial charge in [-0.3, -0.25) is 5.32 Å². The number of fused-ring (bicyclic) bond motifs is 4. The van der Waals surface area contributed by atoms with Gasteiger partial charge in [-0.05, 0) is 6.07 Å². The van der Waals surface area contributed by atoms with Crippen molar-refractivity contribution in [2.45, 2.75) is 18.5 Å². The van der Waals surface area contributed by atoms with E-state index in [0.717, 1.165) is 10.6 Å². The Morgan fingerprint density at radius 1 is 1.33 bits per heavy atom. The number of urea groups is 1. The average Bonchev–Trinajstić information content (AvgIpc) is 3.40. The van der Waals surface area contributed by atoms with E-state index in [1.807, 2.05) is 12.1 Å². The van der Waals surface area contributed by atoms with E-state index in [2.05, 4.69) is 30.5 Å². The number of nitrogens with zero attached hydrogens (tertiary/aromatic N) is 4. The van der Waals surface area contributed by atoms with Gasteiger partial charge < -0.3 is 24.1 Å². The summed E-state index contributed by atoms with van der Waals surface area (Å²) in [7, 11) is 3.15. The Morgan fingerprint density at radius 2 is 2.23 bits per heavy atom. The number of methoxy groups -OCH3 is 1. The second-order valence-electron chi connectivity index (χ2n) is 6.92. The smallest absolute Gasteiger partial charge is 0.320 e. The molecule has 2 aliphatic heterocycles. The number of carbonyl (C=O) groups is 1. The van der Waals surface area contributed by atoms with Gasteiger partial charge in [-0.2, -0.15) is 0 Å². The Bertz CT molecular complexity index is 1080. The van der Waals surface area contributed by atoms with Crippen LogP contribution < -0.4 is 20.3 Å². The molecule has 156 valence electrons. The second-order valence-corrected chi connectivity index (χ2v) is 7.96. The van der Waals surface area contributed by atoms with Crippen molar-refractivity contribution in [3.63, 3.8) is 0 Å². The van der Waals surface area contributed by atoms with Gasteiger partial charge in [0.1, 0.15) is 5.69 Å². The summed E-state index contributed by atoms with van der Waals surface area (Å²) in [5, 5.41) is 5.87. The molecule has 1 saturated heterocycles. The summed E-state index contributed by atoms with van der Waals surface area (Å²) < 4.78 is 17.1. The fraction of sp³-hybridized carbons (Fsp3) is 0.368. The number of anilines is 2. The molecule has 3 aromatic rings. The summed E-state index contributed by atoms with van der Waals surface area (Å²) in [5.74, 6) is 1.08. The number of aromatic nitrogens is 3. The Morgan fingerprint density at radius 3 is 3.07 bits per heavy atom. The lowest BCUT2D eigenvalue weighted by Crippen LogP contribution is -2.51. The average molecular weight is 428 g/mol. The first-order valence-corrected chi connectivity index (χ1v) is 10.3. The molecule has 5 heterocycles. The van der Waals surface area contributed by atoms with Gasteiger partial charge in [0.05, 0.1) is 49.2 Å². The molecule has 5 rings (SSSR count). The molecule has 2 atom stereocenters. The summed E-state index contributed by atoms with van der Waals surface area (Å²) in [6.07, 6.45) is 2.36. The van der Waals surface area contributed by atoms with E-state index in [-0.39, 0.29) is 18.1 Å². The van der Waals surface area contributed by atoms with E-state index in [9.17, 15) is 4.79 Å². The summed E-state index contributed by atoms with van der Waals surface area (Å²) in [6, 6.07) is 5.70. The lowest BCUT2D eigenvalue weighted by Gasteiger charge is -2.43. The lowest BCUT2D eigenvalue weighted by molar-refractivity contribution is 0.0578. The van der Waals surface area contributed by atoms with Crippen molar-refractivity contribution < 1.29 is 18.7 Å². The SMILES string of the molecule is CNC(=O)Nc1nc2c(s1)[C@@H]1COC[C@H](C2)N1c1ncc(-c2cccc(OC)n2)o1. The third-order valence-electron chi connectivity index (χ3n) is 5.12. The minimum Gasteiger partial charge on any atom is -0.481 e. The van der Waals surface area contributed by atoms with E-state index < -0.39 is 0 Å². The van der Waals surface area contributed by atoms with E-state index in [0.29, 0.717) is 48.1 Å². The second kappa shape index (κ2) is 7.58. The zero-order valence-corrected chi connectivity index (χ0v) is 17.2. The van der Waals surface area contributed by atoms with Gasteiger partial charge in [0.25, 0.3) is 6.01 Å². The highest BCUT2D eigenvalue weighted by molar-refractivity contribution is 7.16. The number of thiazole rings is 1. The van der Waals surface area contributed by atoms with Crippen molar-refractivity contribution in [3.8, 4) is 17.3 Å². The van der Waals surface area contributed by atoms with Crippen molar-refractivity contribution in [2.75, 3.05) is 37.6 Å². The molecule has 1 fully saturated rings. The van der Waals surface area contributed by atoms with Crippen LogP contribution in [0.15, 0.2) is 28.8 Å². The molecule has 2 N–H and O–H groups in total. The molecular formula is C19H20N6O4S. The minimum absolute atomic E-state index is 0.0518. The van der Waals surface area contributed by atoms with Gasteiger partial charge in [0.15, 0.2) is 10.9 Å². The van der Waals surface area contributed by atoms with Crippen LogP contribution in [-0.4, -0.2) is 54.4 Å². The molecule has 10 nitrogen and oxygen atoms in total. The number of hydrogen-bond acceptors (Lipinski definition) is 9. The number of nitrogens with one attached hydrogen (secondary N) is 2. The van der Waals surface area contributed by atoms with Crippen LogP contribution in [0.5, 0.6) is 5.88 Å². The number of rotatable bonds is 4. The van der Waals surface area contributed by atoms with Crippen molar-refractivity contribution in [2.24, 2.45) is 0 Å². The molecule has 0 aromatic carbocycles. The molecule has 2 bridgehead atoms. The minimum atomic E-state index is -0.291. The summed E-state index contributed by atoms with van der Waals surface area (Å²) in [5.41, 5.74) is 1.64. The number of amides is 2. The van der Waals surface area contributed by atoms with Crippen molar-refractivity contribution in [1.29, 1.82) is 0 Å². The third-order valence-corrected chi connectivity index (χ3v) is 6.24. The number of carbonyl (C=O) groups excluding carboxylic acids is 1. The highest BCUT2D eigenvalue weighted by Gasteiger charge is 2.42. The van der Waals surface area contributed by atoms with Crippen LogP contribution in [0.3, 0.4) is 0 Å². The molecule has 0 aliphatic carbocycles. The molecule has 0 unspecified atom stereocenters. The van der Waals surface area contributed by atoms with Crippen LogP contribution >= 0.6 is 11.3 Å². The molecule has 0 spiro atoms. The van der Waals surface area contributed by atoms with Gasteiger partial charge in [-0.15, -0.1) is 0 Å². The molecule has 0 saturated carbocycles. The number of morpholine rings is 1. The van der Waals surface area contributed by atoms with Crippen LogP contribution in [0.25, 0.3) is 11.5 Å².